The van der Waals surface area contributed by atoms with Crippen LogP contribution < -0.4 is 5.32 Å². The first kappa shape index (κ1) is 15.2. The van der Waals surface area contributed by atoms with E-state index in [-0.39, 0.29) is 6.04 Å². The van der Waals surface area contributed by atoms with Gasteiger partial charge in [-0.25, -0.2) is 4.68 Å². The van der Waals surface area contributed by atoms with Crippen molar-refractivity contribution in [3.05, 3.63) is 81.6 Å². The number of benzene rings is 2. The molecule has 0 spiro atoms. The van der Waals surface area contributed by atoms with Crippen LogP contribution in [0.15, 0.2) is 54.6 Å². The molecule has 0 radical (unpaired) electrons. The zero-order chi connectivity index (χ0) is 16.7. The maximum atomic E-state index is 6.43. The van der Waals surface area contributed by atoms with Gasteiger partial charge in [-0.2, -0.15) is 10.1 Å². The molecule has 1 atom stereocenters. The van der Waals surface area contributed by atoms with Crippen LogP contribution in [0.1, 0.15) is 23.0 Å². The van der Waals surface area contributed by atoms with Gasteiger partial charge in [0.1, 0.15) is 11.9 Å². The lowest BCUT2D eigenvalue weighted by molar-refractivity contribution is 0.607. The monoisotopic (exact) mass is 356 g/mol. The Hall–Kier alpha value is -2.30. The lowest BCUT2D eigenvalue weighted by Gasteiger charge is -2.25. The summed E-state index contributed by atoms with van der Waals surface area (Å²) < 4.78 is 1.84. The van der Waals surface area contributed by atoms with Crippen LogP contribution in [-0.4, -0.2) is 14.8 Å². The first-order chi connectivity index (χ1) is 11.6. The van der Waals surface area contributed by atoms with Gasteiger partial charge in [0, 0.05) is 15.7 Å². The van der Waals surface area contributed by atoms with E-state index in [4.69, 9.17) is 23.2 Å². The zero-order valence-electron chi connectivity index (χ0n) is 12.9. The standard InChI is InChI=1S/C18H14Cl2N4/c1-11-21-18-22-16(12-5-3-2-4-6-12)10-17(24(18)23-11)14-8-7-13(19)9-15(14)20/h2-10,17H,1H3,(H,21,22,23)/t17-/m0/s1. The second kappa shape index (κ2) is 5.96. The Bertz CT molecular complexity index is 931. The van der Waals surface area contributed by atoms with E-state index in [0.717, 1.165) is 16.8 Å². The van der Waals surface area contributed by atoms with Crippen molar-refractivity contribution in [2.75, 3.05) is 5.32 Å². The molecule has 1 aliphatic rings. The molecule has 0 unspecified atom stereocenters. The summed E-state index contributed by atoms with van der Waals surface area (Å²) in [6.07, 6.45) is 2.10. The van der Waals surface area contributed by atoms with E-state index in [1.165, 1.54) is 0 Å². The fraction of sp³-hybridized carbons (Fsp3) is 0.111. The topological polar surface area (TPSA) is 42.7 Å². The van der Waals surface area contributed by atoms with E-state index in [2.05, 4.69) is 33.6 Å². The van der Waals surface area contributed by atoms with Crippen LogP contribution >= 0.6 is 23.2 Å². The highest BCUT2D eigenvalue weighted by molar-refractivity contribution is 6.35. The Balaban J connectivity index is 1.87. The summed E-state index contributed by atoms with van der Waals surface area (Å²) >= 11 is 12.5. The third-order valence-corrected chi connectivity index (χ3v) is 4.50. The molecule has 0 aliphatic carbocycles. The van der Waals surface area contributed by atoms with Crippen molar-refractivity contribution < 1.29 is 0 Å². The van der Waals surface area contributed by atoms with E-state index in [1.54, 1.807) is 6.07 Å². The van der Waals surface area contributed by atoms with Gasteiger partial charge in [0.2, 0.25) is 5.95 Å². The number of anilines is 1. The van der Waals surface area contributed by atoms with Crippen LogP contribution in [0.5, 0.6) is 0 Å². The number of halogens is 2. The van der Waals surface area contributed by atoms with Gasteiger partial charge >= 0.3 is 0 Å². The summed E-state index contributed by atoms with van der Waals surface area (Å²) in [6.45, 7) is 1.87. The number of aryl methyl sites for hydroxylation is 1. The number of fused-ring (bicyclic) bond motifs is 1. The van der Waals surface area contributed by atoms with Crippen molar-refractivity contribution >= 4 is 34.8 Å². The third-order valence-electron chi connectivity index (χ3n) is 3.94. The number of nitrogens with one attached hydrogen (secondary N) is 1. The largest absolute Gasteiger partial charge is 0.324 e. The Morgan fingerprint density at radius 1 is 1.08 bits per heavy atom. The SMILES string of the molecule is Cc1nc2n(n1)[C@H](c1ccc(Cl)cc1Cl)C=C(c1ccccc1)N2. The lowest BCUT2D eigenvalue weighted by Crippen LogP contribution is -2.20. The molecule has 0 saturated carbocycles. The molecular formula is C18H14Cl2N4. The molecule has 120 valence electrons. The Morgan fingerprint density at radius 2 is 1.88 bits per heavy atom. The van der Waals surface area contributed by atoms with Crippen molar-refractivity contribution in [2.45, 2.75) is 13.0 Å². The molecule has 0 amide bonds. The number of rotatable bonds is 2. The average molecular weight is 357 g/mol. The molecule has 24 heavy (non-hydrogen) atoms. The minimum atomic E-state index is -0.151. The fourth-order valence-corrected chi connectivity index (χ4v) is 3.37. The van der Waals surface area contributed by atoms with E-state index in [9.17, 15) is 0 Å². The van der Waals surface area contributed by atoms with Crippen molar-refractivity contribution in [1.82, 2.24) is 14.8 Å². The smallest absolute Gasteiger partial charge is 0.226 e. The van der Waals surface area contributed by atoms with Crippen molar-refractivity contribution in [3.63, 3.8) is 0 Å². The summed E-state index contributed by atoms with van der Waals surface area (Å²) in [4.78, 5) is 4.48. The van der Waals surface area contributed by atoms with Crippen LogP contribution in [0.2, 0.25) is 10.0 Å². The van der Waals surface area contributed by atoms with Crippen LogP contribution in [0.4, 0.5) is 5.95 Å². The Kier molecular flexibility index (Phi) is 3.79. The number of hydrogen-bond acceptors (Lipinski definition) is 3. The molecule has 0 saturated heterocycles. The Morgan fingerprint density at radius 3 is 2.62 bits per heavy atom. The normalized spacial score (nSPS) is 16.3. The number of hydrogen-bond donors (Lipinski definition) is 1. The van der Waals surface area contributed by atoms with E-state index >= 15 is 0 Å². The summed E-state index contributed by atoms with van der Waals surface area (Å²) in [5.74, 6) is 1.40. The third kappa shape index (κ3) is 2.68. The fourth-order valence-electron chi connectivity index (χ4n) is 2.85. The molecule has 4 nitrogen and oxygen atoms in total. The molecule has 0 fully saturated rings. The summed E-state index contributed by atoms with van der Waals surface area (Å²) in [6, 6.07) is 15.5. The predicted octanol–water partition coefficient (Wildman–Crippen LogP) is 4.95. The average Bonchev–Trinajstić information content (AvgIpc) is 2.95. The lowest BCUT2D eigenvalue weighted by atomic mass is 10.0. The van der Waals surface area contributed by atoms with Crippen LogP contribution in [0, 0.1) is 6.92 Å². The van der Waals surface area contributed by atoms with Crippen LogP contribution in [0.25, 0.3) is 5.70 Å². The molecule has 1 N–H and O–H groups in total. The Labute approximate surface area is 149 Å². The molecule has 1 aliphatic heterocycles. The number of aromatic nitrogens is 3. The maximum absolute atomic E-state index is 6.43. The number of nitrogens with zero attached hydrogens (tertiary/aromatic N) is 3. The summed E-state index contributed by atoms with van der Waals surface area (Å²) in [7, 11) is 0. The van der Waals surface area contributed by atoms with Gasteiger partial charge in [-0.15, -0.1) is 0 Å². The van der Waals surface area contributed by atoms with E-state index in [0.29, 0.717) is 21.8 Å². The quantitative estimate of drug-likeness (QED) is 0.706. The molecule has 1 aromatic heterocycles. The van der Waals surface area contributed by atoms with Crippen molar-refractivity contribution in [2.24, 2.45) is 0 Å². The van der Waals surface area contributed by atoms with Crippen LogP contribution in [0.3, 0.4) is 0 Å². The van der Waals surface area contributed by atoms with Crippen molar-refractivity contribution in [1.29, 1.82) is 0 Å². The highest BCUT2D eigenvalue weighted by Gasteiger charge is 2.26. The molecule has 4 rings (SSSR count). The van der Waals surface area contributed by atoms with E-state index < -0.39 is 0 Å². The minimum absolute atomic E-state index is 0.151. The molecular weight excluding hydrogens is 343 g/mol. The molecule has 6 heteroatoms. The first-order valence-corrected chi connectivity index (χ1v) is 8.30. The summed E-state index contributed by atoms with van der Waals surface area (Å²) in [5, 5.41) is 9.07. The van der Waals surface area contributed by atoms with Gasteiger partial charge < -0.3 is 5.32 Å². The molecule has 0 bridgehead atoms. The van der Waals surface area contributed by atoms with Gasteiger partial charge in [0.05, 0.1) is 0 Å². The molecule has 2 heterocycles. The van der Waals surface area contributed by atoms with Crippen LogP contribution in [-0.2, 0) is 0 Å². The van der Waals surface area contributed by atoms with Gasteiger partial charge in [0.25, 0.3) is 0 Å². The van der Waals surface area contributed by atoms with Gasteiger partial charge in [-0.1, -0.05) is 59.6 Å². The van der Waals surface area contributed by atoms with Gasteiger partial charge in [-0.05, 0) is 36.3 Å². The minimum Gasteiger partial charge on any atom is -0.324 e. The van der Waals surface area contributed by atoms with E-state index in [1.807, 2.05) is 41.9 Å². The van der Waals surface area contributed by atoms with Gasteiger partial charge in [0.15, 0.2) is 0 Å². The molecule has 2 aromatic carbocycles. The van der Waals surface area contributed by atoms with Gasteiger partial charge in [-0.3, -0.25) is 0 Å². The predicted molar refractivity (Wildman–Crippen MR) is 97.4 cm³/mol. The highest BCUT2D eigenvalue weighted by Crippen LogP contribution is 2.36. The second-order valence-corrected chi connectivity index (χ2v) is 6.45. The first-order valence-electron chi connectivity index (χ1n) is 7.54. The maximum Gasteiger partial charge on any atom is 0.226 e. The summed E-state index contributed by atoms with van der Waals surface area (Å²) in [5.41, 5.74) is 2.99. The zero-order valence-corrected chi connectivity index (χ0v) is 14.4. The molecule has 3 aromatic rings. The van der Waals surface area contributed by atoms with Crippen molar-refractivity contribution in [3.8, 4) is 0 Å². The number of allylic oxidation sites excluding steroid dienone is 1. The highest BCUT2D eigenvalue weighted by atomic mass is 35.5. The second-order valence-electron chi connectivity index (χ2n) is 5.61.